The molecule has 3 aromatic rings. The highest BCUT2D eigenvalue weighted by atomic mass is 32.2. The van der Waals surface area contributed by atoms with Crippen LogP contribution < -0.4 is 0 Å². The number of hydrogen-bond donors (Lipinski definition) is 0. The van der Waals surface area contributed by atoms with Crippen molar-refractivity contribution < 1.29 is 0 Å². The van der Waals surface area contributed by atoms with Crippen LogP contribution in [-0.2, 0) is 12.3 Å². The molecule has 0 fully saturated rings. The summed E-state index contributed by atoms with van der Waals surface area (Å²) in [6.07, 6.45) is 0. The van der Waals surface area contributed by atoms with Gasteiger partial charge in [0.15, 0.2) is 11.0 Å². The molecular weight excluding hydrogens is 302 g/mol. The van der Waals surface area contributed by atoms with Crippen LogP contribution in [0, 0.1) is 13.8 Å². The Balaban J connectivity index is 1.82. The molecule has 0 atom stereocenters. The molecule has 1 heterocycles. The molecule has 4 heteroatoms. The van der Waals surface area contributed by atoms with E-state index >= 15 is 0 Å². The molecule has 23 heavy (non-hydrogen) atoms. The van der Waals surface area contributed by atoms with Crippen LogP contribution in [0.15, 0.2) is 53.7 Å². The summed E-state index contributed by atoms with van der Waals surface area (Å²) < 4.78 is 2.19. The largest absolute Gasteiger partial charge is 0.302 e. The minimum atomic E-state index is 0.868. The van der Waals surface area contributed by atoms with Gasteiger partial charge in [-0.25, -0.2) is 0 Å². The first-order valence-corrected chi connectivity index (χ1v) is 8.84. The van der Waals surface area contributed by atoms with E-state index in [1.165, 1.54) is 16.7 Å². The van der Waals surface area contributed by atoms with E-state index in [0.29, 0.717) is 0 Å². The first-order valence-electron chi connectivity index (χ1n) is 7.86. The van der Waals surface area contributed by atoms with Gasteiger partial charge in [0.2, 0.25) is 0 Å². The van der Waals surface area contributed by atoms with Gasteiger partial charge in [0, 0.05) is 17.9 Å². The highest BCUT2D eigenvalue weighted by Crippen LogP contribution is 2.26. The summed E-state index contributed by atoms with van der Waals surface area (Å²) in [5.74, 6) is 1.86. The van der Waals surface area contributed by atoms with E-state index in [-0.39, 0.29) is 0 Å². The molecule has 0 saturated heterocycles. The van der Waals surface area contributed by atoms with Gasteiger partial charge >= 0.3 is 0 Å². The molecule has 2 aromatic carbocycles. The molecule has 0 aliphatic carbocycles. The zero-order valence-electron chi connectivity index (χ0n) is 13.8. The van der Waals surface area contributed by atoms with Crippen LogP contribution in [-0.4, -0.2) is 14.8 Å². The SMILES string of the molecule is CCn1c(SCc2ccc(C)cc2)nnc1-c1cccc(C)c1. The predicted molar refractivity (Wildman–Crippen MR) is 96.6 cm³/mol. The zero-order chi connectivity index (χ0) is 16.2. The normalized spacial score (nSPS) is 10.9. The Hall–Kier alpha value is -2.07. The number of benzene rings is 2. The molecule has 0 unspecified atom stereocenters. The number of aryl methyl sites for hydroxylation is 2. The van der Waals surface area contributed by atoms with Gasteiger partial charge in [-0.1, -0.05) is 65.4 Å². The van der Waals surface area contributed by atoms with E-state index in [1.807, 2.05) is 0 Å². The number of rotatable bonds is 5. The summed E-state index contributed by atoms with van der Waals surface area (Å²) in [6, 6.07) is 17.1. The summed E-state index contributed by atoms with van der Waals surface area (Å²) in [6.45, 7) is 7.22. The van der Waals surface area contributed by atoms with Crippen molar-refractivity contribution in [2.75, 3.05) is 0 Å². The standard InChI is InChI=1S/C19H21N3S/c1-4-22-18(17-7-5-6-15(3)12-17)20-21-19(22)23-13-16-10-8-14(2)9-11-16/h5-12H,4,13H2,1-3H3. The maximum absolute atomic E-state index is 4.42. The van der Waals surface area contributed by atoms with Crippen LogP contribution >= 0.6 is 11.8 Å². The van der Waals surface area contributed by atoms with Gasteiger partial charge in [-0.2, -0.15) is 0 Å². The second kappa shape index (κ2) is 7.01. The van der Waals surface area contributed by atoms with Gasteiger partial charge in [0.05, 0.1) is 0 Å². The van der Waals surface area contributed by atoms with E-state index in [9.17, 15) is 0 Å². The highest BCUT2D eigenvalue weighted by Gasteiger charge is 2.13. The summed E-state index contributed by atoms with van der Waals surface area (Å²) in [5.41, 5.74) is 4.96. The Morgan fingerprint density at radius 1 is 0.957 bits per heavy atom. The molecule has 0 N–H and O–H groups in total. The average Bonchev–Trinajstić information content (AvgIpc) is 2.97. The van der Waals surface area contributed by atoms with E-state index in [2.05, 4.69) is 84.1 Å². The van der Waals surface area contributed by atoms with Gasteiger partial charge < -0.3 is 4.57 Å². The van der Waals surface area contributed by atoms with E-state index in [0.717, 1.165) is 28.8 Å². The third kappa shape index (κ3) is 3.64. The summed E-state index contributed by atoms with van der Waals surface area (Å²) >= 11 is 1.74. The molecule has 0 aliphatic heterocycles. The highest BCUT2D eigenvalue weighted by molar-refractivity contribution is 7.98. The maximum atomic E-state index is 4.42. The third-order valence-corrected chi connectivity index (χ3v) is 4.84. The smallest absolute Gasteiger partial charge is 0.191 e. The molecule has 0 spiro atoms. The lowest BCUT2D eigenvalue weighted by molar-refractivity contribution is 0.687. The first kappa shape index (κ1) is 15.8. The number of thioether (sulfide) groups is 1. The minimum Gasteiger partial charge on any atom is -0.302 e. The number of hydrogen-bond acceptors (Lipinski definition) is 3. The fraction of sp³-hybridized carbons (Fsp3) is 0.263. The first-order chi connectivity index (χ1) is 11.2. The fourth-order valence-electron chi connectivity index (χ4n) is 2.51. The number of nitrogens with zero attached hydrogens (tertiary/aromatic N) is 3. The van der Waals surface area contributed by atoms with Crippen molar-refractivity contribution in [3.8, 4) is 11.4 Å². The van der Waals surface area contributed by atoms with E-state index < -0.39 is 0 Å². The van der Waals surface area contributed by atoms with Crippen molar-refractivity contribution in [1.82, 2.24) is 14.8 Å². The Morgan fingerprint density at radius 2 is 1.74 bits per heavy atom. The average molecular weight is 323 g/mol. The van der Waals surface area contributed by atoms with E-state index in [4.69, 9.17) is 0 Å². The molecule has 0 aliphatic rings. The molecule has 118 valence electrons. The fourth-order valence-corrected chi connectivity index (χ4v) is 3.47. The summed E-state index contributed by atoms with van der Waals surface area (Å²) in [5, 5.41) is 9.79. The second-order valence-electron chi connectivity index (χ2n) is 5.69. The Kier molecular flexibility index (Phi) is 4.82. The van der Waals surface area contributed by atoms with Crippen LogP contribution in [0.5, 0.6) is 0 Å². The van der Waals surface area contributed by atoms with Crippen molar-refractivity contribution in [3.05, 3.63) is 65.2 Å². The van der Waals surface area contributed by atoms with Gasteiger partial charge in [0.1, 0.15) is 0 Å². The zero-order valence-corrected chi connectivity index (χ0v) is 14.6. The Bertz CT molecular complexity index is 791. The molecular formula is C19H21N3S. The van der Waals surface area contributed by atoms with Crippen LogP contribution in [0.3, 0.4) is 0 Å². The van der Waals surface area contributed by atoms with Crippen molar-refractivity contribution in [2.24, 2.45) is 0 Å². The molecule has 0 bridgehead atoms. The van der Waals surface area contributed by atoms with Crippen molar-refractivity contribution in [1.29, 1.82) is 0 Å². The molecule has 0 saturated carbocycles. The lowest BCUT2D eigenvalue weighted by Crippen LogP contribution is -2.00. The Labute approximate surface area is 141 Å². The second-order valence-corrected chi connectivity index (χ2v) is 6.64. The molecule has 3 rings (SSSR count). The lowest BCUT2D eigenvalue weighted by atomic mass is 10.1. The van der Waals surface area contributed by atoms with Crippen molar-refractivity contribution in [2.45, 2.75) is 38.2 Å². The van der Waals surface area contributed by atoms with Crippen LogP contribution in [0.2, 0.25) is 0 Å². The van der Waals surface area contributed by atoms with Gasteiger partial charge in [-0.05, 0) is 32.4 Å². The molecule has 3 nitrogen and oxygen atoms in total. The third-order valence-electron chi connectivity index (χ3n) is 3.80. The van der Waals surface area contributed by atoms with E-state index in [1.54, 1.807) is 11.8 Å². The topological polar surface area (TPSA) is 30.7 Å². The number of aromatic nitrogens is 3. The van der Waals surface area contributed by atoms with Crippen molar-refractivity contribution in [3.63, 3.8) is 0 Å². The molecule has 0 amide bonds. The van der Waals surface area contributed by atoms with Crippen LogP contribution in [0.1, 0.15) is 23.6 Å². The predicted octanol–water partition coefficient (Wildman–Crippen LogP) is 4.87. The van der Waals surface area contributed by atoms with Crippen LogP contribution in [0.25, 0.3) is 11.4 Å². The van der Waals surface area contributed by atoms with Gasteiger partial charge in [-0.3, -0.25) is 0 Å². The lowest BCUT2D eigenvalue weighted by Gasteiger charge is -2.08. The van der Waals surface area contributed by atoms with Crippen molar-refractivity contribution >= 4 is 11.8 Å². The minimum absolute atomic E-state index is 0.868. The Morgan fingerprint density at radius 3 is 2.43 bits per heavy atom. The molecule has 1 aromatic heterocycles. The monoisotopic (exact) mass is 323 g/mol. The molecule has 0 radical (unpaired) electrons. The van der Waals surface area contributed by atoms with Crippen LogP contribution in [0.4, 0.5) is 0 Å². The maximum Gasteiger partial charge on any atom is 0.191 e. The summed E-state index contributed by atoms with van der Waals surface area (Å²) in [7, 11) is 0. The van der Waals surface area contributed by atoms with Gasteiger partial charge in [-0.15, -0.1) is 10.2 Å². The van der Waals surface area contributed by atoms with Gasteiger partial charge in [0.25, 0.3) is 0 Å². The summed E-state index contributed by atoms with van der Waals surface area (Å²) in [4.78, 5) is 0. The quantitative estimate of drug-likeness (QED) is 0.627.